The van der Waals surface area contributed by atoms with Crippen molar-refractivity contribution in [2.24, 2.45) is 5.92 Å². The summed E-state index contributed by atoms with van der Waals surface area (Å²) in [6, 6.07) is 8.14. The molecular weight excluding hydrogens is 525 g/mol. The van der Waals surface area contributed by atoms with Crippen molar-refractivity contribution in [3.05, 3.63) is 58.9 Å². The predicted octanol–water partition coefficient (Wildman–Crippen LogP) is 4.97. The molecule has 216 valence electrons. The lowest BCUT2D eigenvalue weighted by molar-refractivity contribution is -0.138. The van der Waals surface area contributed by atoms with Gasteiger partial charge in [0.25, 0.3) is 0 Å². The third kappa shape index (κ3) is 6.15. The number of methoxy groups -OCH3 is 1. The van der Waals surface area contributed by atoms with Crippen LogP contribution in [0.1, 0.15) is 61.2 Å². The summed E-state index contributed by atoms with van der Waals surface area (Å²) in [5, 5.41) is 24.7. The molecule has 1 amide bonds. The Bertz CT molecular complexity index is 1370. The molecule has 40 heavy (non-hydrogen) atoms. The number of nitrogens with one attached hydrogen (secondary N) is 1. The molecule has 3 N–H and O–H groups in total. The summed E-state index contributed by atoms with van der Waals surface area (Å²) in [5.41, 5.74) is -0.445. The van der Waals surface area contributed by atoms with Crippen molar-refractivity contribution in [2.45, 2.75) is 57.3 Å². The molecule has 11 heteroatoms. The number of halogens is 3. The van der Waals surface area contributed by atoms with Crippen LogP contribution in [0.25, 0.3) is 10.9 Å². The van der Waals surface area contributed by atoms with Crippen molar-refractivity contribution < 1.29 is 32.9 Å². The molecule has 3 aromatic rings. The average molecular weight is 561 g/mol. The smallest absolute Gasteiger partial charge is 0.416 e. The molecule has 1 fully saturated rings. The number of nitrogens with zero attached hydrogens (tertiary/aromatic N) is 3. The van der Waals surface area contributed by atoms with Gasteiger partial charge in [-0.2, -0.15) is 13.2 Å². The minimum atomic E-state index is -4.45. The lowest BCUT2D eigenvalue weighted by Crippen LogP contribution is -2.40. The van der Waals surface area contributed by atoms with E-state index in [0.717, 1.165) is 12.1 Å². The summed E-state index contributed by atoms with van der Waals surface area (Å²) in [6.07, 6.45) is -2.86. The molecule has 0 radical (unpaired) electrons. The number of likely N-dealkylation sites (N-methyl/N-ethyl adjacent to an activating group) is 1. The highest BCUT2D eigenvalue weighted by Crippen LogP contribution is 2.45. The van der Waals surface area contributed by atoms with Gasteiger partial charge >= 0.3 is 6.18 Å². The summed E-state index contributed by atoms with van der Waals surface area (Å²) in [6.45, 7) is 3.62. The number of hydrogen-bond acceptors (Lipinski definition) is 7. The van der Waals surface area contributed by atoms with Crippen molar-refractivity contribution >= 4 is 22.6 Å². The number of carbonyl (C=O) groups excluding carboxylic acids is 1. The fourth-order valence-electron chi connectivity index (χ4n) is 5.37. The van der Waals surface area contributed by atoms with Crippen LogP contribution in [0.4, 0.5) is 19.0 Å². The summed E-state index contributed by atoms with van der Waals surface area (Å²) in [4.78, 5) is 23.3. The third-order valence-corrected chi connectivity index (χ3v) is 7.67. The highest BCUT2D eigenvalue weighted by Gasteiger charge is 2.40. The number of hydrogen-bond donors (Lipinski definition) is 3. The number of fused-ring (bicyclic) bond motifs is 1. The zero-order valence-electron chi connectivity index (χ0n) is 23.0. The Hall–Kier alpha value is -3.44. The van der Waals surface area contributed by atoms with Crippen LogP contribution in [0, 0.1) is 12.8 Å². The molecule has 0 aliphatic heterocycles. The number of anilines is 1. The number of aliphatic hydroxyl groups excluding tert-OH is 1. The van der Waals surface area contributed by atoms with Crippen molar-refractivity contribution in [1.29, 1.82) is 0 Å². The molecule has 0 spiro atoms. The van der Waals surface area contributed by atoms with Crippen LogP contribution >= 0.6 is 0 Å². The number of amides is 1. The number of ether oxygens (including phenoxy) is 1. The van der Waals surface area contributed by atoms with Gasteiger partial charge in [0.15, 0.2) is 0 Å². The number of benzene rings is 2. The highest BCUT2D eigenvalue weighted by atomic mass is 19.4. The summed E-state index contributed by atoms with van der Waals surface area (Å²) >= 11 is 0. The van der Waals surface area contributed by atoms with Gasteiger partial charge in [-0.3, -0.25) is 4.79 Å². The van der Waals surface area contributed by atoms with Gasteiger partial charge in [0.05, 0.1) is 30.4 Å². The van der Waals surface area contributed by atoms with Gasteiger partial charge in [0.2, 0.25) is 5.91 Å². The van der Waals surface area contributed by atoms with E-state index in [4.69, 9.17) is 9.84 Å². The van der Waals surface area contributed by atoms with Crippen LogP contribution in [0.15, 0.2) is 36.4 Å². The second-order valence-corrected chi connectivity index (χ2v) is 10.5. The van der Waals surface area contributed by atoms with Crippen molar-refractivity contribution in [1.82, 2.24) is 14.9 Å². The van der Waals surface area contributed by atoms with E-state index in [2.05, 4.69) is 15.3 Å². The Morgan fingerprint density at radius 1 is 1.23 bits per heavy atom. The minimum absolute atomic E-state index is 0.0551. The molecule has 1 aromatic heterocycles. The van der Waals surface area contributed by atoms with Crippen LogP contribution in [0.3, 0.4) is 0 Å². The molecule has 4 rings (SSSR count). The first kappa shape index (κ1) is 29.5. The maximum Gasteiger partial charge on any atom is 0.416 e. The number of alkyl halides is 3. The third-order valence-electron chi connectivity index (χ3n) is 7.67. The van der Waals surface area contributed by atoms with Gasteiger partial charge in [0.1, 0.15) is 17.4 Å². The normalized spacial score (nSPS) is 20.3. The minimum Gasteiger partial charge on any atom is -0.496 e. The number of aryl methyl sites for hydroxylation is 1. The van der Waals surface area contributed by atoms with Gasteiger partial charge in [0, 0.05) is 42.6 Å². The van der Waals surface area contributed by atoms with Gasteiger partial charge in [-0.25, -0.2) is 9.97 Å². The molecule has 1 saturated carbocycles. The standard InChI is InChI=1S/C29H35F3N4O4/c1-17(20-6-5-7-21(14-20)29(30,31)32)33-26-22-15-23(25(40-4)16-24(22)34-18(2)35-26)28(39)10-8-19(9-11-28)27(38)36(3)12-13-37/h5-7,14-17,19,37,39H,8-13H2,1-4H3,(H,33,34,35)/t17-,19?,28?/m1/s1. The molecule has 0 bridgehead atoms. The van der Waals surface area contributed by atoms with Gasteiger partial charge in [-0.05, 0) is 63.3 Å². The van der Waals surface area contributed by atoms with E-state index in [1.54, 1.807) is 39.1 Å². The Balaban J connectivity index is 1.66. The number of aliphatic hydroxyl groups is 2. The van der Waals surface area contributed by atoms with Crippen LogP contribution < -0.4 is 10.1 Å². The summed E-state index contributed by atoms with van der Waals surface area (Å²) < 4.78 is 45.5. The van der Waals surface area contributed by atoms with E-state index >= 15 is 0 Å². The van der Waals surface area contributed by atoms with Crippen LogP contribution in [-0.4, -0.2) is 58.3 Å². The van der Waals surface area contributed by atoms with Crippen LogP contribution in [0.5, 0.6) is 5.75 Å². The molecule has 1 atom stereocenters. The van der Waals surface area contributed by atoms with Crippen molar-refractivity contribution in [3.8, 4) is 5.75 Å². The quantitative estimate of drug-likeness (QED) is 0.357. The molecule has 0 saturated heterocycles. The lowest BCUT2D eigenvalue weighted by atomic mass is 9.74. The number of carbonyl (C=O) groups is 1. The topological polar surface area (TPSA) is 108 Å². The average Bonchev–Trinajstić information content (AvgIpc) is 2.92. The number of aromatic nitrogens is 2. The van der Waals surface area contributed by atoms with E-state index in [1.807, 2.05) is 0 Å². The SMILES string of the molecule is COc1cc2nc(C)nc(N[C@H](C)c3cccc(C(F)(F)F)c3)c2cc1C1(O)CCC(C(=O)N(C)CCO)CC1. The monoisotopic (exact) mass is 560 g/mol. The largest absolute Gasteiger partial charge is 0.496 e. The first-order valence-corrected chi connectivity index (χ1v) is 13.2. The first-order valence-electron chi connectivity index (χ1n) is 13.2. The second-order valence-electron chi connectivity index (χ2n) is 10.5. The Morgan fingerprint density at radius 2 is 1.93 bits per heavy atom. The Labute approximate surface area is 231 Å². The van der Waals surface area contributed by atoms with E-state index in [9.17, 15) is 23.1 Å². The first-order chi connectivity index (χ1) is 18.9. The molecule has 8 nitrogen and oxygen atoms in total. The van der Waals surface area contributed by atoms with Gasteiger partial charge in [-0.1, -0.05) is 12.1 Å². The van der Waals surface area contributed by atoms with E-state index < -0.39 is 23.4 Å². The molecule has 1 aliphatic carbocycles. The van der Waals surface area contributed by atoms with Crippen LogP contribution in [-0.2, 0) is 16.6 Å². The van der Waals surface area contributed by atoms with Crippen LogP contribution in [0.2, 0.25) is 0 Å². The fraction of sp³-hybridized carbons (Fsp3) is 0.483. The maximum atomic E-state index is 13.3. The second kappa shape index (κ2) is 11.6. The zero-order chi connectivity index (χ0) is 29.2. The fourth-order valence-corrected chi connectivity index (χ4v) is 5.37. The molecule has 1 heterocycles. The summed E-state index contributed by atoms with van der Waals surface area (Å²) in [7, 11) is 3.17. The van der Waals surface area contributed by atoms with Gasteiger partial charge in [-0.15, -0.1) is 0 Å². The van der Waals surface area contributed by atoms with E-state index in [1.165, 1.54) is 18.1 Å². The Kier molecular flexibility index (Phi) is 8.55. The highest BCUT2D eigenvalue weighted by molar-refractivity contribution is 5.91. The number of rotatable bonds is 8. The molecule has 1 aliphatic rings. The Morgan fingerprint density at radius 3 is 2.55 bits per heavy atom. The van der Waals surface area contributed by atoms with E-state index in [0.29, 0.717) is 65.1 Å². The van der Waals surface area contributed by atoms with Gasteiger partial charge < -0.3 is 25.2 Å². The van der Waals surface area contributed by atoms with Crippen molar-refractivity contribution in [2.75, 3.05) is 32.6 Å². The molecular formula is C29H35F3N4O4. The zero-order valence-corrected chi connectivity index (χ0v) is 23.0. The predicted molar refractivity (Wildman–Crippen MR) is 145 cm³/mol. The molecule has 0 unspecified atom stereocenters. The maximum absolute atomic E-state index is 13.3. The lowest BCUT2D eigenvalue weighted by Gasteiger charge is -2.37. The van der Waals surface area contributed by atoms with Crippen molar-refractivity contribution in [3.63, 3.8) is 0 Å². The summed E-state index contributed by atoms with van der Waals surface area (Å²) in [5.74, 6) is 1.03. The van der Waals surface area contributed by atoms with E-state index in [-0.39, 0.29) is 25.0 Å². The molecule has 2 aromatic carbocycles.